The molecule has 0 aromatic heterocycles. The summed E-state index contributed by atoms with van der Waals surface area (Å²) in [6.07, 6.45) is 3.83. The number of alkyl halides is 2. The van der Waals surface area contributed by atoms with Crippen molar-refractivity contribution in [1.82, 2.24) is 0 Å². The van der Waals surface area contributed by atoms with Gasteiger partial charge in [0.05, 0.1) is 16.3 Å². The van der Waals surface area contributed by atoms with Crippen molar-refractivity contribution in [2.24, 2.45) is 11.8 Å². The van der Waals surface area contributed by atoms with Crippen molar-refractivity contribution in [2.45, 2.75) is 12.3 Å². The Bertz CT molecular complexity index is 1250. The van der Waals surface area contributed by atoms with Gasteiger partial charge in [-0.2, -0.15) is 0 Å². The van der Waals surface area contributed by atoms with Gasteiger partial charge in [0.1, 0.15) is 17.6 Å². The maximum atomic E-state index is 14.2. The van der Waals surface area contributed by atoms with Gasteiger partial charge >= 0.3 is 0 Å². The predicted octanol–water partition coefficient (Wildman–Crippen LogP) is 7.51. The van der Waals surface area contributed by atoms with Gasteiger partial charge in [0.25, 0.3) is 11.8 Å². The van der Waals surface area contributed by atoms with Crippen molar-refractivity contribution in [1.29, 1.82) is 0 Å². The van der Waals surface area contributed by atoms with Crippen LogP contribution in [0.3, 0.4) is 0 Å². The van der Waals surface area contributed by atoms with E-state index in [-0.39, 0.29) is 38.4 Å². The first-order chi connectivity index (χ1) is 16.4. The maximum Gasteiger partial charge on any atom is 0.264 e. The molecule has 11 heteroatoms. The van der Waals surface area contributed by atoms with Crippen LogP contribution in [0.2, 0.25) is 5.02 Å². The van der Waals surface area contributed by atoms with Crippen LogP contribution in [0.25, 0.3) is 0 Å². The predicted molar refractivity (Wildman–Crippen MR) is 129 cm³/mol. The van der Waals surface area contributed by atoms with Crippen molar-refractivity contribution in [3.63, 3.8) is 0 Å². The summed E-state index contributed by atoms with van der Waals surface area (Å²) in [6, 6.07) is 6.32. The molecule has 2 aromatic rings. The number of nitrogens with one attached hydrogen (secondary N) is 2. The normalized spacial score (nSPS) is 19.2. The first-order valence-corrected chi connectivity index (χ1v) is 11.2. The lowest BCUT2D eigenvalue weighted by Gasteiger charge is -2.10. The van der Waals surface area contributed by atoms with E-state index in [1.165, 1.54) is 30.4 Å². The number of rotatable bonds is 8. The zero-order valence-corrected chi connectivity index (χ0v) is 20.0. The average molecular weight is 548 g/mol. The van der Waals surface area contributed by atoms with Gasteiger partial charge in [0.2, 0.25) is 5.91 Å². The highest BCUT2D eigenvalue weighted by molar-refractivity contribution is 6.35. The molecule has 1 saturated carbocycles. The van der Waals surface area contributed by atoms with Gasteiger partial charge in [0, 0.05) is 27.7 Å². The highest BCUT2D eigenvalue weighted by Crippen LogP contribution is 2.57. The molecule has 3 rings (SSSR count). The Morgan fingerprint density at radius 3 is 2.43 bits per heavy atom. The lowest BCUT2D eigenvalue weighted by Crippen LogP contribution is -2.19. The second kappa shape index (κ2) is 10.8. The summed E-state index contributed by atoms with van der Waals surface area (Å²) in [5, 5.41) is 4.90. The highest BCUT2D eigenvalue weighted by Gasteiger charge is 2.71. The van der Waals surface area contributed by atoms with Gasteiger partial charge in [0.15, 0.2) is 0 Å². The summed E-state index contributed by atoms with van der Waals surface area (Å²) in [4.78, 5) is 25.0. The van der Waals surface area contributed by atoms with E-state index in [1.807, 2.05) is 0 Å². The summed E-state index contributed by atoms with van der Waals surface area (Å²) >= 11 is 17.7. The number of carbonyl (C=O) groups excluding carboxylic acids is 2. The molecule has 2 aromatic carbocycles. The van der Waals surface area contributed by atoms with Gasteiger partial charge in [-0.15, -0.1) is 0 Å². The van der Waals surface area contributed by atoms with E-state index in [9.17, 15) is 27.2 Å². The van der Waals surface area contributed by atoms with Gasteiger partial charge in [-0.3, -0.25) is 9.59 Å². The second-order valence-electron chi connectivity index (χ2n) is 7.58. The maximum absolute atomic E-state index is 14.2. The molecular weight excluding hydrogens is 531 g/mol. The summed E-state index contributed by atoms with van der Waals surface area (Å²) in [6.45, 7) is 3.45. The smallest absolute Gasteiger partial charge is 0.264 e. The number of hydrogen-bond acceptors (Lipinski definition) is 2. The molecular formula is C24H17Cl3F4N2O2. The number of halogens is 7. The fourth-order valence-corrected chi connectivity index (χ4v) is 3.89. The van der Waals surface area contributed by atoms with E-state index in [0.29, 0.717) is 6.07 Å². The van der Waals surface area contributed by atoms with E-state index < -0.39 is 41.2 Å². The van der Waals surface area contributed by atoms with Crippen LogP contribution in [0.15, 0.2) is 71.3 Å². The van der Waals surface area contributed by atoms with Gasteiger partial charge in [-0.1, -0.05) is 53.5 Å². The Labute approximate surface area is 213 Å². The largest absolute Gasteiger partial charge is 0.326 e. The van der Waals surface area contributed by atoms with Gasteiger partial charge in [-0.25, -0.2) is 17.6 Å². The van der Waals surface area contributed by atoms with Crippen LogP contribution in [0.4, 0.5) is 28.9 Å². The summed E-state index contributed by atoms with van der Waals surface area (Å²) < 4.78 is 55.4. The van der Waals surface area contributed by atoms with Crippen molar-refractivity contribution >= 4 is 58.0 Å². The number of allylic oxidation sites excluding steroid dienone is 5. The topological polar surface area (TPSA) is 58.2 Å². The molecule has 0 spiro atoms. The van der Waals surface area contributed by atoms with E-state index in [4.69, 9.17) is 34.8 Å². The first-order valence-electron chi connectivity index (χ1n) is 10.0. The van der Waals surface area contributed by atoms with E-state index in [0.717, 1.165) is 18.2 Å². The fraction of sp³-hybridized carbons (Fsp3) is 0.167. The molecule has 4 nitrogen and oxygen atoms in total. The molecule has 2 unspecified atom stereocenters. The van der Waals surface area contributed by atoms with Crippen LogP contribution in [0.5, 0.6) is 0 Å². The molecule has 2 amide bonds. The molecule has 1 aliphatic rings. The number of hydrogen-bond donors (Lipinski definition) is 2. The number of amides is 2. The van der Waals surface area contributed by atoms with Crippen LogP contribution in [0.1, 0.15) is 16.8 Å². The monoisotopic (exact) mass is 546 g/mol. The van der Waals surface area contributed by atoms with Crippen molar-refractivity contribution in [3.05, 3.63) is 93.5 Å². The summed E-state index contributed by atoms with van der Waals surface area (Å²) in [5.41, 5.74) is -0.425. The standard InChI is InChI=1S/C24H17Cl3F4N2O2/c1-2-12(25)9-13(26)3-6-17-21(24(17,30)31)23(35)32-15-5-7-18(27)16(11-15)22(34)33-20-8-4-14(28)10-19(20)29/h2-5,7-11,17,21H,1,6H2,(H,32,35)(H,33,34)/b12-9+,13-3+. The molecule has 2 atom stereocenters. The Kier molecular flexibility index (Phi) is 8.30. The molecule has 0 saturated heterocycles. The van der Waals surface area contributed by atoms with Crippen molar-refractivity contribution < 1.29 is 27.2 Å². The number of benzene rings is 2. The molecule has 35 heavy (non-hydrogen) atoms. The van der Waals surface area contributed by atoms with Gasteiger partial charge < -0.3 is 10.6 Å². The summed E-state index contributed by atoms with van der Waals surface area (Å²) in [7, 11) is 0. The first kappa shape index (κ1) is 26.8. The van der Waals surface area contributed by atoms with Gasteiger partial charge in [-0.05, 0) is 42.8 Å². The third kappa shape index (κ3) is 6.45. The molecule has 184 valence electrons. The quantitative estimate of drug-likeness (QED) is 0.265. The van der Waals surface area contributed by atoms with E-state index in [1.54, 1.807) is 0 Å². The van der Waals surface area contributed by atoms with Crippen LogP contribution >= 0.6 is 34.8 Å². The Balaban J connectivity index is 1.70. The average Bonchev–Trinajstić information content (AvgIpc) is 3.35. The van der Waals surface area contributed by atoms with Crippen LogP contribution in [-0.4, -0.2) is 17.7 Å². The van der Waals surface area contributed by atoms with E-state index in [2.05, 4.69) is 17.2 Å². The molecule has 0 bridgehead atoms. The van der Waals surface area contributed by atoms with Crippen molar-refractivity contribution in [3.8, 4) is 0 Å². The van der Waals surface area contributed by atoms with Crippen LogP contribution in [0, 0.1) is 23.5 Å². The molecule has 0 radical (unpaired) electrons. The minimum Gasteiger partial charge on any atom is -0.326 e. The summed E-state index contributed by atoms with van der Waals surface area (Å²) in [5.74, 6) is -9.77. The fourth-order valence-electron chi connectivity index (χ4n) is 3.31. The minimum absolute atomic E-state index is 0.0276. The highest BCUT2D eigenvalue weighted by atomic mass is 35.5. The molecule has 0 heterocycles. The Morgan fingerprint density at radius 1 is 1.06 bits per heavy atom. The Morgan fingerprint density at radius 2 is 1.77 bits per heavy atom. The second-order valence-corrected chi connectivity index (χ2v) is 8.86. The van der Waals surface area contributed by atoms with Crippen LogP contribution in [-0.2, 0) is 4.79 Å². The molecule has 1 fully saturated rings. The number of anilines is 2. The Hall–Kier alpha value is -2.81. The zero-order valence-electron chi connectivity index (χ0n) is 17.7. The third-order valence-corrected chi connectivity index (χ3v) is 6.04. The van der Waals surface area contributed by atoms with Crippen LogP contribution < -0.4 is 10.6 Å². The lowest BCUT2D eigenvalue weighted by atomic mass is 10.1. The van der Waals surface area contributed by atoms with E-state index >= 15 is 0 Å². The molecule has 1 aliphatic carbocycles. The molecule has 0 aliphatic heterocycles. The van der Waals surface area contributed by atoms with Crippen molar-refractivity contribution in [2.75, 3.05) is 10.6 Å². The third-order valence-electron chi connectivity index (χ3n) is 5.18. The SMILES string of the molecule is C=C/C(Cl)=C\C(Cl)=C/CC1C(C(=O)Nc2ccc(Cl)c(C(=O)Nc3ccc(F)cc3F)c2)C1(F)F. The number of carbonyl (C=O) groups is 2. The minimum atomic E-state index is -3.25. The zero-order chi connectivity index (χ0) is 25.9. The molecule has 2 N–H and O–H groups in total. The lowest BCUT2D eigenvalue weighted by molar-refractivity contribution is -0.119.